The number of aromatic nitrogens is 7. The Hall–Kier alpha value is -4.08. The van der Waals surface area contributed by atoms with Gasteiger partial charge in [0.1, 0.15) is 23.1 Å². The van der Waals surface area contributed by atoms with Crippen LogP contribution in [-0.2, 0) is 6.42 Å². The molecule has 0 spiro atoms. The number of H-pyrrole nitrogens is 1. The van der Waals surface area contributed by atoms with Crippen molar-refractivity contribution in [2.75, 3.05) is 11.4 Å². The lowest BCUT2D eigenvalue weighted by atomic mass is 10.0. The number of imidazole rings is 1. The molecule has 0 aliphatic carbocycles. The highest BCUT2D eigenvalue weighted by atomic mass is 19.1. The minimum absolute atomic E-state index is 0.337. The number of rotatable bonds is 3. The average Bonchev–Trinajstić information content (AvgIpc) is 3.52. The molecule has 0 aromatic carbocycles. The maximum atomic E-state index is 14.3. The van der Waals surface area contributed by atoms with Crippen molar-refractivity contribution in [3.8, 4) is 11.6 Å². The number of anilines is 1. The Morgan fingerprint density at radius 3 is 3.00 bits per heavy atom. The second-order valence-corrected chi connectivity index (χ2v) is 7.43. The Kier molecular flexibility index (Phi) is 3.85. The predicted octanol–water partition coefficient (Wildman–Crippen LogP) is 3.10. The number of pyridine rings is 2. The van der Waals surface area contributed by atoms with Crippen LogP contribution in [0.5, 0.6) is 0 Å². The van der Waals surface area contributed by atoms with E-state index in [0.29, 0.717) is 35.4 Å². The van der Waals surface area contributed by atoms with Crippen LogP contribution < -0.4 is 4.90 Å². The molecule has 31 heavy (non-hydrogen) atoms. The quantitative estimate of drug-likeness (QED) is 0.482. The fourth-order valence-corrected chi connectivity index (χ4v) is 4.05. The number of fused-ring (bicyclic) bond motifs is 2. The van der Waals surface area contributed by atoms with Gasteiger partial charge in [0, 0.05) is 31.1 Å². The lowest BCUT2D eigenvalue weighted by molar-refractivity contribution is 0.502. The van der Waals surface area contributed by atoms with Gasteiger partial charge in [0.25, 0.3) is 5.89 Å². The highest BCUT2D eigenvalue weighted by molar-refractivity contribution is 5.55. The lowest BCUT2D eigenvalue weighted by Crippen LogP contribution is -2.36. The van der Waals surface area contributed by atoms with Gasteiger partial charge in [0.05, 0.1) is 17.7 Å². The Morgan fingerprint density at radius 1 is 1.19 bits per heavy atom. The Labute approximate surface area is 175 Å². The molecule has 0 saturated carbocycles. The summed E-state index contributed by atoms with van der Waals surface area (Å²) in [6, 6.07) is 8.52. The molecule has 1 N–H and O–H groups in total. The summed E-state index contributed by atoms with van der Waals surface area (Å²) in [5.74, 6) is 0.0114. The largest absolute Gasteiger partial charge is 0.402 e. The number of hydrogen-bond donors (Lipinski definition) is 1. The third kappa shape index (κ3) is 2.79. The summed E-state index contributed by atoms with van der Waals surface area (Å²) in [5, 5.41) is 13.1. The van der Waals surface area contributed by atoms with Crippen molar-refractivity contribution in [3.63, 3.8) is 0 Å². The van der Waals surface area contributed by atoms with Crippen LogP contribution in [0.1, 0.15) is 28.7 Å². The number of nitrogens with one attached hydrogen (secondary N) is 1. The van der Waals surface area contributed by atoms with E-state index in [9.17, 15) is 4.39 Å². The predicted molar refractivity (Wildman–Crippen MR) is 109 cm³/mol. The van der Waals surface area contributed by atoms with Gasteiger partial charge in [-0.15, -0.1) is 5.10 Å². The zero-order valence-electron chi connectivity index (χ0n) is 16.5. The molecule has 9 nitrogen and oxygen atoms in total. The van der Waals surface area contributed by atoms with Crippen molar-refractivity contribution in [3.05, 3.63) is 77.5 Å². The standard InChI is InChI=1S/C21H17FN8O/c1-12-4-2-7-23-17(12)20-26-27-21(31-20)29-9-6-14-18(25-11-24-14)19(29)15-10-16-13(22)5-3-8-30(16)28-15/h2-5,7-8,10-11,19H,6,9H2,1H3,(H,24,25)/t19-/m0/s1. The topological polar surface area (TPSA) is 101 Å². The van der Waals surface area contributed by atoms with Crippen LogP contribution in [-0.4, -0.2) is 41.3 Å². The van der Waals surface area contributed by atoms with Crippen molar-refractivity contribution in [2.45, 2.75) is 19.4 Å². The number of aromatic amines is 1. The fourth-order valence-electron chi connectivity index (χ4n) is 4.05. The molecular formula is C21H17FN8O. The molecule has 0 bridgehead atoms. The molecule has 0 amide bonds. The number of aryl methyl sites for hydroxylation is 1. The van der Waals surface area contributed by atoms with Gasteiger partial charge >= 0.3 is 6.01 Å². The third-order valence-electron chi connectivity index (χ3n) is 5.55. The molecule has 5 aromatic heterocycles. The summed E-state index contributed by atoms with van der Waals surface area (Å²) >= 11 is 0. The fraction of sp³-hybridized carbons (Fsp3) is 0.190. The van der Waals surface area contributed by atoms with E-state index in [2.05, 4.69) is 30.2 Å². The molecule has 0 saturated heterocycles. The van der Waals surface area contributed by atoms with Crippen molar-refractivity contribution >= 4 is 11.5 Å². The van der Waals surface area contributed by atoms with E-state index in [1.165, 1.54) is 10.6 Å². The maximum Gasteiger partial charge on any atom is 0.319 e. The van der Waals surface area contributed by atoms with Gasteiger partial charge in [-0.25, -0.2) is 13.9 Å². The van der Waals surface area contributed by atoms with Gasteiger partial charge in [-0.3, -0.25) is 4.98 Å². The van der Waals surface area contributed by atoms with Crippen molar-refractivity contribution in [1.29, 1.82) is 0 Å². The number of halogens is 1. The van der Waals surface area contributed by atoms with E-state index in [1.54, 1.807) is 30.9 Å². The van der Waals surface area contributed by atoms with Crippen LogP contribution in [0.15, 0.2) is 53.5 Å². The summed E-state index contributed by atoms with van der Waals surface area (Å²) in [6.07, 6.45) is 5.80. The van der Waals surface area contributed by atoms with Gasteiger partial charge in [0.15, 0.2) is 0 Å². The second-order valence-electron chi connectivity index (χ2n) is 7.43. The van der Waals surface area contributed by atoms with Gasteiger partial charge < -0.3 is 14.3 Å². The highest BCUT2D eigenvalue weighted by Crippen LogP contribution is 2.37. The van der Waals surface area contributed by atoms with E-state index in [-0.39, 0.29) is 5.82 Å². The van der Waals surface area contributed by atoms with Gasteiger partial charge in [-0.2, -0.15) is 5.10 Å². The molecule has 6 heterocycles. The first-order chi connectivity index (χ1) is 15.2. The maximum absolute atomic E-state index is 14.3. The van der Waals surface area contributed by atoms with E-state index in [1.807, 2.05) is 24.0 Å². The third-order valence-corrected chi connectivity index (χ3v) is 5.55. The first-order valence-electron chi connectivity index (χ1n) is 9.87. The van der Waals surface area contributed by atoms with Crippen LogP contribution >= 0.6 is 0 Å². The summed E-state index contributed by atoms with van der Waals surface area (Å²) in [4.78, 5) is 14.0. The zero-order chi connectivity index (χ0) is 20.9. The van der Waals surface area contributed by atoms with Crippen LogP contribution in [0.4, 0.5) is 10.4 Å². The minimum atomic E-state index is -0.396. The smallest absolute Gasteiger partial charge is 0.319 e. The summed E-state index contributed by atoms with van der Waals surface area (Å²) in [6.45, 7) is 2.55. The number of nitrogens with zero attached hydrogens (tertiary/aromatic N) is 7. The monoisotopic (exact) mass is 416 g/mol. The van der Waals surface area contributed by atoms with E-state index in [0.717, 1.165) is 23.4 Å². The van der Waals surface area contributed by atoms with Crippen molar-refractivity contribution in [1.82, 2.24) is 34.8 Å². The van der Waals surface area contributed by atoms with Gasteiger partial charge in [-0.1, -0.05) is 11.2 Å². The zero-order valence-corrected chi connectivity index (χ0v) is 16.5. The van der Waals surface area contributed by atoms with Crippen LogP contribution in [0.25, 0.3) is 17.1 Å². The van der Waals surface area contributed by atoms with Crippen molar-refractivity contribution < 1.29 is 8.81 Å². The summed E-state index contributed by atoms with van der Waals surface area (Å²) in [5.41, 5.74) is 4.45. The molecule has 154 valence electrons. The van der Waals surface area contributed by atoms with E-state index < -0.39 is 6.04 Å². The Balaban J connectivity index is 1.46. The molecule has 1 aliphatic rings. The normalized spacial score (nSPS) is 16.1. The SMILES string of the molecule is Cc1cccnc1-c1nnc(N2CCc3[nH]cnc3[C@@H]2c2cc3c(F)cccn3n2)o1. The highest BCUT2D eigenvalue weighted by Gasteiger charge is 2.36. The van der Waals surface area contributed by atoms with Crippen LogP contribution in [0.2, 0.25) is 0 Å². The minimum Gasteiger partial charge on any atom is -0.402 e. The molecule has 0 fully saturated rings. The van der Waals surface area contributed by atoms with Crippen LogP contribution in [0, 0.1) is 12.7 Å². The first-order valence-corrected chi connectivity index (χ1v) is 9.87. The van der Waals surface area contributed by atoms with Gasteiger partial charge in [-0.05, 0) is 36.8 Å². The average molecular weight is 416 g/mol. The first kappa shape index (κ1) is 17.8. The molecule has 0 radical (unpaired) electrons. The summed E-state index contributed by atoms with van der Waals surface area (Å²) in [7, 11) is 0. The van der Waals surface area contributed by atoms with E-state index >= 15 is 0 Å². The molecule has 5 aromatic rings. The Morgan fingerprint density at radius 2 is 2.13 bits per heavy atom. The summed E-state index contributed by atoms with van der Waals surface area (Å²) < 4.78 is 21.9. The molecule has 0 unspecified atom stereocenters. The molecule has 1 aliphatic heterocycles. The lowest BCUT2D eigenvalue weighted by Gasteiger charge is -2.32. The van der Waals surface area contributed by atoms with Crippen LogP contribution in [0.3, 0.4) is 0 Å². The molecule has 10 heteroatoms. The molecule has 6 rings (SSSR count). The molecule has 1 atom stereocenters. The molecular weight excluding hydrogens is 399 g/mol. The second kappa shape index (κ2) is 6.73. The van der Waals surface area contributed by atoms with Crippen molar-refractivity contribution in [2.24, 2.45) is 0 Å². The van der Waals surface area contributed by atoms with Gasteiger partial charge in [0.2, 0.25) is 0 Å². The van der Waals surface area contributed by atoms with E-state index in [4.69, 9.17) is 4.42 Å². The Bertz CT molecular complexity index is 1400. The number of hydrogen-bond acceptors (Lipinski definition) is 7.